The number of ether oxygens (including phenoxy) is 1. The van der Waals surface area contributed by atoms with Gasteiger partial charge in [0.05, 0.1) is 19.1 Å². The van der Waals surface area contributed by atoms with Crippen LogP contribution in [0.25, 0.3) is 0 Å². The zero-order valence-electron chi connectivity index (χ0n) is 14.7. The van der Waals surface area contributed by atoms with E-state index >= 15 is 0 Å². The van der Waals surface area contributed by atoms with Crippen molar-refractivity contribution in [1.82, 2.24) is 10.2 Å². The molecule has 1 aromatic heterocycles. The summed E-state index contributed by atoms with van der Waals surface area (Å²) in [4.78, 5) is 35.6. The summed E-state index contributed by atoms with van der Waals surface area (Å²) in [6.45, 7) is 1.03. The zero-order valence-corrected chi connectivity index (χ0v) is 14.7. The van der Waals surface area contributed by atoms with Crippen LogP contribution in [0.5, 0.6) is 5.75 Å². The van der Waals surface area contributed by atoms with Crippen molar-refractivity contribution >= 4 is 17.7 Å². The largest absolute Gasteiger partial charge is 0.497 e. The summed E-state index contributed by atoms with van der Waals surface area (Å²) in [6, 6.07) is 10.0. The van der Waals surface area contributed by atoms with Crippen molar-refractivity contribution in [1.29, 1.82) is 0 Å². The first-order valence-electron chi connectivity index (χ1n) is 8.42. The molecule has 0 unspecified atom stereocenters. The first kappa shape index (κ1) is 18.4. The first-order chi connectivity index (χ1) is 13.0. The van der Waals surface area contributed by atoms with Gasteiger partial charge in [-0.3, -0.25) is 19.7 Å². The molecule has 2 amide bonds. The summed E-state index contributed by atoms with van der Waals surface area (Å²) < 4.78 is 9.99. The molecule has 0 atom stereocenters. The van der Waals surface area contributed by atoms with E-state index in [0.717, 1.165) is 17.4 Å². The van der Waals surface area contributed by atoms with Gasteiger partial charge in [-0.05, 0) is 30.2 Å². The Bertz CT molecular complexity index is 839. The third-order valence-electron chi connectivity index (χ3n) is 4.39. The topological polar surface area (TPSA) is 115 Å². The van der Waals surface area contributed by atoms with Gasteiger partial charge in [0.15, 0.2) is 5.76 Å². The van der Waals surface area contributed by atoms with Gasteiger partial charge in [-0.1, -0.05) is 12.1 Å². The van der Waals surface area contributed by atoms with Gasteiger partial charge in [0.25, 0.3) is 5.91 Å². The van der Waals surface area contributed by atoms with Crippen LogP contribution in [-0.2, 0) is 11.2 Å². The van der Waals surface area contributed by atoms with Gasteiger partial charge in [-0.25, -0.2) is 0 Å². The molecule has 3 rings (SSSR count). The van der Waals surface area contributed by atoms with E-state index in [1.807, 2.05) is 24.3 Å². The average molecular weight is 373 g/mol. The summed E-state index contributed by atoms with van der Waals surface area (Å²) in [7, 11) is 1.61. The van der Waals surface area contributed by atoms with Gasteiger partial charge >= 0.3 is 5.88 Å². The number of benzene rings is 1. The Morgan fingerprint density at radius 3 is 2.56 bits per heavy atom. The van der Waals surface area contributed by atoms with Crippen LogP contribution in [-0.4, -0.2) is 48.4 Å². The van der Waals surface area contributed by atoms with Crippen LogP contribution in [0, 0.1) is 16.0 Å². The van der Waals surface area contributed by atoms with Gasteiger partial charge < -0.3 is 19.4 Å². The van der Waals surface area contributed by atoms with Gasteiger partial charge in [-0.2, -0.15) is 0 Å². The Balaban J connectivity index is 1.41. The molecular formula is C18H19N3O6. The second-order valence-corrected chi connectivity index (χ2v) is 6.19. The van der Waals surface area contributed by atoms with E-state index in [1.165, 1.54) is 11.0 Å². The molecule has 0 aliphatic carbocycles. The van der Waals surface area contributed by atoms with Crippen molar-refractivity contribution in [3.8, 4) is 5.75 Å². The maximum atomic E-state index is 12.2. The first-order valence-corrected chi connectivity index (χ1v) is 8.42. The van der Waals surface area contributed by atoms with Crippen LogP contribution >= 0.6 is 0 Å². The van der Waals surface area contributed by atoms with Crippen LogP contribution in [0.4, 0.5) is 5.88 Å². The molecule has 0 saturated carbocycles. The van der Waals surface area contributed by atoms with Crippen molar-refractivity contribution in [2.45, 2.75) is 6.42 Å². The van der Waals surface area contributed by atoms with E-state index in [2.05, 4.69) is 5.32 Å². The number of nitro groups is 1. The van der Waals surface area contributed by atoms with Gasteiger partial charge in [0.1, 0.15) is 10.7 Å². The van der Waals surface area contributed by atoms with E-state index in [9.17, 15) is 19.7 Å². The highest BCUT2D eigenvalue weighted by atomic mass is 16.6. The maximum absolute atomic E-state index is 12.2. The summed E-state index contributed by atoms with van der Waals surface area (Å²) in [5.41, 5.74) is 1.08. The lowest BCUT2D eigenvalue weighted by atomic mass is 9.98. The number of rotatable bonds is 7. The fourth-order valence-corrected chi connectivity index (χ4v) is 2.77. The standard InChI is InChI=1S/C18H19N3O6/c1-26-14-4-2-12(3-5-14)8-9-19-17(22)13-10-20(11-13)18(23)15-6-7-16(27-15)21(24)25/h2-7,13H,8-11H2,1H3,(H,19,22). The molecule has 9 heteroatoms. The Kier molecular flexibility index (Phi) is 5.39. The van der Waals surface area contributed by atoms with Crippen molar-refractivity contribution in [3.05, 3.63) is 57.8 Å². The second kappa shape index (κ2) is 7.90. The molecule has 9 nitrogen and oxygen atoms in total. The second-order valence-electron chi connectivity index (χ2n) is 6.19. The predicted molar refractivity (Wildman–Crippen MR) is 94.5 cm³/mol. The minimum Gasteiger partial charge on any atom is -0.497 e. The molecule has 1 N–H and O–H groups in total. The molecule has 1 fully saturated rings. The number of carbonyl (C=O) groups is 2. The minimum atomic E-state index is -0.702. The smallest absolute Gasteiger partial charge is 0.433 e. The van der Waals surface area contributed by atoms with Crippen molar-refractivity contribution in [2.75, 3.05) is 26.7 Å². The SMILES string of the molecule is COc1ccc(CCNC(=O)C2CN(C(=O)c3ccc([N+](=O)[O-])o3)C2)cc1. The Morgan fingerprint density at radius 1 is 1.26 bits per heavy atom. The van der Waals surface area contributed by atoms with Crippen LogP contribution in [0.2, 0.25) is 0 Å². The fraction of sp³-hybridized carbons (Fsp3) is 0.333. The molecule has 142 valence electrons. The lowest BCUT2D eigenvalue weighted by Crippen LogP contribution is -2.55. The maximum Gasteiger partial charge on any atom is 0.433 e. The lowest BCUT2D eigenvalue weighted by molar-refractivity contribution is -0.402. The molecule has 2 heterocycles. The summed E-state index contributed by atoms with van der Waals surface area (Å²) in [5, 5.41) is 13.5. The number of nitrogens with one attached hydrogen (secondary N) is 1. The highest BCUT2D eigenvalue weighted by molar-refractivity contribution is 5.94. The van der Waals surface area contributed by atoms with E-state index in [4.69, 9.17) is 9.15 Å². The molecular weight excluding hydrogens is 354 g/mol. The Labute approximate surface area is 155 Å². The number of hydrogen-bond donors (Lipinski definition) is 1. The molecule has 0 spiro atoms. The summed E-state index contributed by atoms with van der Waals surface area (Å²) in [6.07, 6.45) is 0.696. The van der Waals surface area contributed by atoms with Crippen molar-refractivity contribution in [2.24, 2.45) is 5.92 Å². The van der Waals surface area contributed by atoms with Gasteiger partial charge in [0.2, 0.25) is 5.91 Å². The fourth-order valence-electron chi connectivity index (χ4n) is 2.77. The normalized spacial score (nSPS) is 13.7. The Hall–Kier alpha value is -3.36. The highest BCUT2D eigenvalue weighted by Crippen LogP contribution is 2.22. The number of likely N-dealkylation sites (tertiary alicyclic amines) is 1. The monoisotopic (exact) mass is 373 g/mol. The number of hydrogen-bond acceptors (Lipinski definition) is 6. The number of nitrogens with zero attached hydrogens (tertiary/aromatic N) is 2. The van der Waals surface area contributed by atoms with Crippen molar-refractivity contribution < 1.29 is 23.7 Å². The third-order valence-corrected chi connectivity index (χ3v) is 4.39. The predicted octanol–water partition coefficient (Wildman–Crippen LogP) is 1.63. The van der Waals surface area contributed by atoms with Gasteiger partial charge in [0, 0.05) is 19.6 Å². The molecule has 2 aromatic rings. The van der Waals surface area contributed by atoms with Gasteiger partial charge in [-0.15, -0.1) is 0 Å². The quantitative estimate of drug-likeness (QED) is 0.583. The molecule has 1 aromatic carbocycles. The number of amides is 2. The highest BCUT2D eigenvalue weighted by Gasteiger charge is 2.37. The van der Waals surface area contributed by atoms with E-state index < -0.39 is 16.7 Å². The molecule has 1 saturated heterocycles. The molecule has 0 bridgehead atoms. The molecule has 1 aliphatic heterocycles. The number of methoxy groups -OCH3 is 1. The molecule has 0 radical (unpaired) electrons. The van der Waals surface area contributed by atoms with Crippen molar-refractivity contribution in [3.63, 3.8) is 0 Å². The zero-order chi connectivity index (χ0) is 19.4. The third kappa shape index (κ3) is 4.25. The van der Waals surface area contributed by atoms with Crippen LogP contribution in [0.1, 0.15) is 16.1 Å². The lowest BCUT2D eigenvalue weighted by Gasteiger charge is -2.37. The minimum absolute atomic E-state index is 0.0972. The number of furan rings is 1. The van der Waals surface area contributed by atoms with E-state index in [0.29, 0.717) is 13.0 Å². The van der Waals surface area contributed by atoms with Crippen LogP contribution in [0.15, 0.2) is 40.8 Å². The molecule has 27 heavy (non-hydrogen) atoms. The average Bonchev–Trinajstić information content (AvgIpc) is 3.11. The van der Waals surface area contributed by atoms with Crippen LogP contribution in [0.3, 0.4) is 0 Å². The summed E-state index contributed by atoms with van der Waals surface area (Å²) >= 11 is 0. The van der Waals surface area contributed by atoms with E-state index in [-0.39, 0.29) is 30.7 Å². The van der Waals surface area contributed by atoms with Crippen LogP contribution < -0.4 is 10.1 Å². The van der Waals surface area contributed by atoms with E-state index in [1.54, 1.807) is 7.11 Å². The number of carbonyl (C=O) groups excluding carboxylic acids is 2. The Morgan fingerprint density at radius 2 is 1.96 bits per heavy atom. The summed E-state index contributed by atoms with van der Waals surface area (Å²) in [5.74, 6) is -0.645. The molecule has 1 aliphatic rings.